The molecule has 4 heteroatoms. The maximum absolute atomic E-state index is 12.2. The fourth-order valence-corrected chi connectivity index (χ4v) is 4.32. The third-order valence-corrected chi connectivity index (χ3v) is 6.95. The highest BCUT2D eigenvalue weighted by molar-refractivity contribution is 5.75. The molecule has 6 atom stereocenters. The first kappa shape index (κ1) is 18.2. The van der Waals surface area contributed by atoms with Crippen LogP contribution in [0.4, 0.5) is 0 Å². The molecule has 1 heterocycles. The molecular weight excluding hydrogens is 304 g/mol. The topological polar surface area (TPSA) is 44.8 Å². The number of ether oxygens (including phenoxy) is 3. The van der Waals surface area contributed by atoms with Crippen molar-refractivity contribution in [3.8, 4) is 0 Å². The first-order valence-corrected chi connectivity index (χ1v) is 9.51. The maximum Gasteiger partial charge on any atom is 0.311 e. The Kier molecular flexibility index (Phi) is 4.32. The zero-order chi connectivity index (χ0) is 17.9. The summed E-state index contributed by atoms with van der Waals surface area (Å²) in [6, 6.07) is 0. The van der Waals surface area contributed by atoms with E-state index in [0.717, 1.165) is 19.3 Å². The Hall–Kier alpha value is -0.610. The molecule has 2 aliphatic carbocycles. The molecule has 0 aromatic rings. The molecule has 24 heavy (non-hydrogen) atoms. The van der Waals surface area contributed by atoms with Crippen LogP contribution in [0.5, 0.6) is 0 Å². The van der Waals surface area contributed by atoms with Gasteiger partial charge < -0.3 is 14.2 Å². The first-order valence-electron chi connectivity index (χ1n) is 9.51. The number of fused-ring (bicyclic) bond motifs is 5. The summed E-state index contributed by atoms with van der Waals surface area (Å²) in [4.78, 5) is 12.2. The van der Waals surface area contributed by atoms with Crippen LogP contribution in [0, 0.1) is 28.6 Å². The number of esters is 1. The zero-order valence-corrected chi connectivity index (χ0v) is 16.3. The van der Waals surface area contributed by atoms with Crippen molar-refractivity contribution in [2.24, 2.45) is 28.6 Å². The van der Waals surface area contributed by atoms with Gasteiger partial charge in [-0.05, 0) is 57.8 Å². The molecule has 1 saturated heterocycles. The van der Waals surface area contributed by atoms with Crippen LogP contribution < -0.4 is 0 Å². The standard InChI is InChI=1S/C20H34O4/c1-8-19(5,6)17(21)22-11-13-9-12-10-14(13)16-15(12)23-20(7,24-16)18(2,3)4/h12-16H,8-11H2,1-7H3. The first-order chi connectivity index (χ1) is 11.0. The predicted octanol–water partition coefficient (Wildman–Crippen LogP) is 4.17. The molecule has 138 valence electrons. The van der Waals surface area contributed by atoms with Crippen molar-refractivity contribution in [1.82, 2.24) is 0 Å². The highest BCUT2D eigenvalue weighted by atomic mass is 16.8. The molecule has 0 spiro atoms. The Morgan fingerprint density at radius 1 is 1.12 bits per heavy atom. The molecular formula is C20H34O4. The summed E-state index contributed by atoms with van der Waals surface area (Å²) < 4.78 is 18.5. The van der Waals surface area contributed by atoms with Crippen LogP contribution in [-0.2, 0) is 19.0 Å². The molecule has 3 rings (SSSR count). The Bertz CT molecular complexity index is 506. The Labute approximate surface area is 146 Å². The minimum Gasteiger partial charge on any atom is -0.465 e. The predicted molar refractivity (Wildman–Crippen MR) is 92.3 cm³/mol. The number of hydrogen-bond acceptors (Lipinski definition) is 4. The Balaban J connectivity index is 1.62. The van der Waals surface area contributed by atoms with E-state index in [4.69, 9.17) is 14.2 Å². The van der Waals surface area contributed by atoms with Crippen molar-refractivity contribution in [2.45, 2.75) is 85.7 Å². The number of carbonyl (C=O) groups is 1. The maximum atomic E-state index is 12.2. The van der Waals surface area contributed by atoms with Gasteiger partial charge in [-0.15, -0.1) is 0 Å². The summed E-state index contributed by atoms with van der Waals surface area (Å²) in [5, 5.41) is 0. The van der Waals surface area contributed by atoms with Crippen molar-refractivity contribution in [3.63, 3.8) is 0 Å². The van der Waals surface area contributed by atoms with Gasteiger partial charge in [0.15, 0.2) is 5.79 Å². The van der Waals surface area contributed by atoms with E-state index >= 15 is 0 Å². The third kappa shape index (κ3) is 2.80. The van der Waals surface area contributed by atoms with E-state index in [9.17, 15) is 4.79 Å². The molecule has 2 saturated carbocycles. The van der Waals surface area contributed by atoms with Gasteiger partial charge in [0.25, 0.3) is 0 Å². The van der Waals surface area contributed by atoms with E-state index in [-0.39, 0.29) is 23.6 Å². The van der Waals surface area contributed by atoms with E-state index in [0.29, 0.717) is 24.4 Å². The molecule has 0 N–H and O–H groups in total. The van der Waals surface area contributed by atoms with Gasteiger partial charge >= 0.3 is 5.97 Å². The molecule has 3 fully saturated rings. The number of carbonyl (C=O) groups excluding carboxylic acids is 1. The smallest absolute Gasteiger partial charge is 0.311 e. The van der Waals surface area contributed by atoms with Crippen LogP contribution in [0.3, 0.4) is 0 Å². The lowest BCUT2D eigenvalue weighted by Crippen LogP contribution is -2.42. The van der Waals surface area contributed by atoms with Crippen molar-refractivity contribution < 1.29 is 19.0 Å². The highest BCUT2D eigenvalue weighted by Crippen LogP contribution is 2.58. The van der Waals surface area contributed by atoms with E-state index in [1.807, 2.05) is 20.8 Å². The normalized spacial score (nSPS) is 41.5. The van der Waals surface area contributed by atoms with Gasteiger partial charge in [-0.25, -0.2) is 0 Å². The fourth-order valence-electron chi connectivity index (χ4n) is 4.32. The van der Waals surface area contributed by atoms with E-state index < -0.39 is 11.2 Å². The monoisotopic (exact) mass is 338 g/mol. The average molecular weight is 338 g/mol. The lowest BCUT2D eigenvalue weighted by Gasteiger charge is -2.37. The Morgan fingerprint density at radius 3 is 2.33 bits per heavy atom. The van der Waals surface area contributed by atoms with Gasteiger partial charge in [-0.2, -0.15) is 0 Å². The number of rotatable bonds is 4. The van der Waals surface area contributed by atoms with E-state index in [1.165, 1.54) is 0 Å². The quantitative estimate of drug-likeness (QED) is 0.722. The number of hydrogen-bond donors (Lipinski definition) is 0. The van der Waals surface area contributed by atoms with Crippen LogP contribution >= 0.6 is 0 Å². The summed E-state index contributed by atoms with van der Waals surface area (Å²) in [6.45, 7) is 15.0. The average Bonchev–Trinajstić information content (AvgIpc) is 3.13. The van der Waals surface area contributed by atoms with Crippen molar-refractivity contribution in [1.29, 1.82) is 0 Å². The summed E-state index contributed by atoms with van der Waals surface area (Å²) >= 11 is 0. The fraction of sp³-hybridized carbons (Fsp3) is 0.950. The van der Waals surface area contributed by atoms with Crippen LogP contribution in [0.2, 0.25) is 0 Å². The van der Waals surface area contributed by atoms with Crippen molar-refractivity contribution >= 4 is 5.97 Å². The summed E-state index contributed by atoms with van der Waals surface area (Å²) in [6.07, 6.45) is 3.42. The van der Waals surface area contributed by atoms with Gasteiger partial charge in [0.05, 0.1) is 24.2 Å². The third-order valence-electron chi connectivity index (χ3n) is 6.95. The second kappa shape index (κ2) is 5.70. The largest absolute Gasteiger partial charge is 0.465 e. The molecule has 0 amide bonds. The molecule has 6 unspecified atom stereocenters. The second-order valence-electron chi connectivity index (χ2n) is 9.85. The van der Waals surface area contributed by atoms with Gasteiger partial charge in [-0.3, -0.25) is 4.79 Å². The lowest BCUT2D eigenvalue weighted by atomic mass is 9.85. The summed E-state index contributed by atoms with van der Waals surface area (Å²) in [5.74, 6) is 0.828. The van der Waals surface area contributed by atoms with Crippen LogP contribution in [0.25, 0.3) is 0 Å². The van der Waals surface area contributed by atoms with Gasteiger partial charge in [0.1, 0.15) is 0 Å². The highest BCUT2D eigenvalue weighted by Gasteiger charge is 2.63. The molecule has 0 radical (unpaired) electrons. The van der Waals surface area contributed by atoms with E-state index in [1.54, 1.807) is 0 Å². The summed E-state index contributed by atoms with van der Waals surface area (Å²) in [5.41, 5.74) is -0.443. The van der Waals surface area contributed by atoms with E-state index in [2.05, 4.69) is 27.7 Å². The van der Waals surface area contributed by atoms with Crippen molar-refractivity contribution in [3.05, 3.63) is 0 Å². The van der Waals surface area contributed by atoms with Gasteiger partial charge in [0.2, 0.25) is 0 Å². The molecule has 0 aromatic heterocycles. The molecule has 0 aromatic carbocycles. The Morgan fingerprint density at radius 2 is 1.75 bits per heavy atom. The van der Waals surface area contributed by atoms with Crippen LogP contribution in [0.15, 0.2) is 0 Å². The van der Waals surface area contributed by atoms with Gasteiger partial charge in [0, 0.05) is 5.41 Å². The van der Waals surface area contributed by atoms with Crippen molar-refractivity contribution in [2.75, 3.05) is 6.61 Å². The van der Waals surface area contributed by atoms with Gasteiger partial charge in [-0.1, -0.05) is 27.7 Å². The summed E-state index contributed by atoms with van der Waals surface area (Å²) in [7, 11) is 0. The minimum atomic E-state index is -0.519. The SMILES string of the molecule is CCC(C)(C)C(=O)OCC1CC2CC1C1OC(C)(C(C)(C)C)OC21. The molecule has 2 bridgehead atoms. The zero-order valence-electron chi connectivity index (χ0n) is 16.3. The second-order valence-corrected chi connectivity index (χ2v) is 9.85. The molecule has 1 aliphatic heterocycles. The molecule has 4 nitrogen and oxygen atoms in total. The van der Waals surface area contributed by atoms with Crippen LogP contribution in [-0.4, -0.2) is 30.6 Å². The van der Waals surface area contributed by atoms with Crippen LogP contribution in [0.1, 0.15) is 67.7 Å². The molecule has 3 aliphatic rings. The minimum absolute atomic E-state index is 0.0517. The lowest BCUT2D eigenvalue weighted by molar-refractivity contribution is -0.232.